The number of carboxylic acid groups (broad SMARTS) is 2. The van der Waals surface area contributed by atoms with Crippen LogP contribution >= 0.6 is 0 Å². The number of ether oxygens (including phenoxy) is 1. The van der Waals surface area contributed by atoms with Crippen molar-refractivity contribution in [1.29, 1.82) is 0 Å². The highest BCUT2D eigenvalue weighted by atomic mass is 32.2. The molecule has 0 aliphatic carbocycles. The first-order valence-corrected chi connectivity index (χ1v) is 14.2. The van der Waals surface area contributed by atoms with E-state index >= 15 is 0 Å². The molecule has 214 valence electrons. The average Bonchev–Trinajstić information content (AvgIpc) is 3.38. The number of furan rings is 1. The molecule has 3 atom stereocenters. The second kappa shape index (κ2) is 11.8. The molecule has 3 aromatic carbocycles. The van der Waals surface area contributed by atoms with E-state index in [0.29, 0.717) is 16.7 Å². The standard InChI is InChI=1S/C29H28N2O9S/c1-16(26(30)29(35)36)15-41(37,38)21-12-8-19(9-13-21)18-6-10-20(11-7-18)31-27(32)25-14-22-23(39-17(2)28(33)34)4-3-5-24(22)40-25/h3-14,16-17,26H,15,30H2,1-2H3,(H,31,32)(H,33,34)(H,35,36)/t16?,17?,26-/m0/s1. The van der Waals surface area contributed by atoms with Crippen molar-refractivity contribution in [1.82, 2.24) is 0 Å². The number of benzene rings is 3. The summed E-state index contributed by atoms with van der Waals surface area (Å²) in [6.45, 7) is 2.88. The van der Waals surface area contributed by atoms with Crippen LogP contribution in [0, 0.1) is 5.92 Å². The summed E-state index contributed by atoms with van der Waals surface area (Å²) in [5.74, 6) is -3.77. The number of carbonyl (C=O) groups excluding carboxylic acids is 1. The number of hydrogen-bond acceptors (Lipinski definition) is 8. The minimum Gasteiger partial charge on any atom is -0.480 e. The number of amides is 1. The van der Waals surface area contributed by atoms with Crippen molar-refractivity contribution in [2.45, 2.75) is 30.9 Å². The monoisotopic (exact) mass is 580 g/mol. The Hall–Kier alpha value is -4.68. The van der Waals surface area contributed by atoms with Crippen LogP contribution in [0.15, 0.2) is 82.1 Å². The van der Waals surface area contributed by atoms with Crippen LogP contribution in [0.4, 0.5) is 5.69 Å². The fourth-order valence-corrected chi connectivity index (χ4v) is 5.72. The minimum absolute atomic E-state index is 0.0125. The number of nitrogens with two attached hydrogens (primary N) is 1. The first-order chi connectivity index (χ1) is 19.4. The van der Waals surface area contributed by atoms with Gasteiger partial charge < -0.3 is 30.4 Å². The highest BCUT2D eigenvalue weighted by Gasteiger charge is 2.26. The van der Waals surface area contributed by atoms with Crippen molar-refractivity contribution in [3.8, 4) is 16.9 Å². The average molecular weight is 581 g/mol. The maximum Gasteiger partial charge on any atom is 0.344 e. The topological polar surface area (TPSA) is 186 Å². The highest BCUT2D eigenvalue weighted by molar-refractivity contribution is 7.91. The number of aliphatic carboxylic acids is 2. The second-order valence-electron chi connectivity index (χ2n) is 9.56. The predicted octanol–water partition coefficient (Wildman–Crippen LogP) is 4.03. The molecular formula is C29H28N2O9S. The van der Waals surface area contributed by atoms with Gasteiger partial charge in [0.25, 0.3) is 5.91 Å². The van der Waals surface area contributed by atoms with Crippen molar-refractivity contribution >= 4 is 44.3 Å². The molecule has 0 saturated carbocycles. The second-order valence-corrected chi connectivity index (χ2v) is 11.6. The zero-order valence-corrected chi connectivity index (χ0v) is 22.9. The lowest BCUT2D eigenvalue weighted by Gasteiger charge is -2.16. The fraction of sp³-hybridized carbons (Fsp3) is 0.207. The third kappa shape index (κ3) is 6.73. The summed E-state index contributed by atoms with van der Waals surface area (Å²) in [6.07, 6.45) is -1.08. The molecule has 0 radical (unpaired) electrons. The highest BCUT2D eigenvalue weighted by Crippen LogP contribution is 2.30. The van der Waals surface area contributed by atoms with Crippen LogP contribution in [-0.2, 0) is 19.4 Å². The first kappa shape index (κ1) is 29.3. The lowest BCUT2D eigenvalue weighted by Crippen LogP contribution is -2.39. The zero-order chi connectivity index (χ0) is 29.9. The van der Waals surface area contributed by atoms with Crippen molar-refractivity contribution in [3.63, 3.8) is 0 Å². The van der Waals surface area contributed by atoms with Gasteiger partial charge in [-0.15, -0.1) is 0 Å². The number of anilines is 1. The molecule has 2 unspecified atom stereocenters. The summed E-state index contributed by atoms with van der Waals surface area (Å²) >= 11 is 0. The lowest BCUT2D eigenvalue weighted by atomic mass is 10.1. The third-order valence-corrected chi connectivity index (χ3v) is 8.42. The van der Waals surface area contributed by atoms with E-state index in [4.69, 9.17) is 25.1 Å². The number of fused-ring (bicyclic) bond motifs is 1. The maximum absolute atomic E-state index is 12.8. The van der Waals surface area contributed by atoms with Gasteiger partial charge in [0.1, 0.15) is 17.4 Å². The molecular weight excluding hydrogens is 552 g/mol. The van der Waals surface area contributed by atoms with Gasteiger partial charge in [-0.2, -0.15) is 0 Å². The van der Waals surface area contributed by atoms with E-state index in [1.165, 1.54) is 32.0 Å². The van der Waals surface area contributed by atoms with Gasteiger partial charge in [0, 0.05) is 11.8 Å². The molecule has 0 bridgehead atoms. The van der Waals surface area contributed by atoms with Crippen LogP contribution in [-0.4, -0.2) is 54.4 Å². The summed E-state index contributed by atoms with van der Waals surface area (Å²) in [5, 5.41) is 21.3. The lowest BCUT2D eigenvalue weighted by molar-refractivity contribution is -0.144. The van der Waals surface area contributed by atoms with Crippen LogP contribution in [0.3, 0.4) is 0 Å². The van der Waals surface area contributed by atoms with Crippen LogP contribution in [0.5, 0.6) is 5.75 Å². The van der Waals surface area contributed by atoms with Crippen LogP contribution in [0.25, 0.3) is 22.1 Å². The Balaban J connectivity index is 1.44. The Kier molecular flexibility index (Phi) is 8.45. The van der Waals surface area contributed by atoms with Gasteiger partial charge in [-0.1, -0.05) is 37.3 Å². The smallest absolute Gasteiger partial charge is 0.344 e. The Morgan fingerprint density at radius 1 is 0.927 bits per heavy atom. The Morgan fingerprint density at radius 2 is 1.54 bits per heavy atom. The molecule has 5 N–H and O–H groups in total. The van der Waals surface area contributed by atoms with Crippen molar-refractivity contribution in [3.05, 3.63) is 78.6 Å². The predicted molar refractivity (Wildman–Crippen MR) is 151 cm³/mol. The fourth-order valence-electron chi connectivity index (χ4n) is 4.07. The normalized spacial score (nSPS) is 13.7. The third-order valence-electron chi connectivity index (χ3n) is 6.47. The molecule has 0 aliphatic heterocycles. The minimum atomic E-state index is -3.74. The Morgan fingerprint density at radius 3 is 2.12 bits per heavy atom. The van der Waals surface area contributed by atoms with Crippen molar-refractivity contribution in [2.75, 3.05) is 11.1 Å². The quantitative estimate of drug-likeness (QED) is 0.202. The Labute approximate surface area is 235 Å². The van der Waals surface area contributed by atoms with Crippen molar-refractivity contribution < 1.29 is 42.2 Å². The van der Waals surface area contributed by atoms with Gasteiger partial charge in [0.15, 0.2) is 21.7 Å². The van der Waals surface area contributed by atoms with E-state index in [0.717, 1.165) is 11.1 Å². The number of sulfone groups is 1. The summed E-state index contributed by atoms with van der Waals surface area (Å²) in [4.78, 5) is 35.1. The van der Waals surface area contributed by atoms with E-state index < -0.39 is 51.5 Å². The molecule has 4 aromatic rings. The molecule has 0 spiro atoms. The van der Waals surface area contributed by atoms with Crippen LogP contribution in [0.2, 0.25) is 0 Å². The largest absolute Gasteiger partial charge is 0.480 e. The van der Waals surface area contributed by atoms with Gasteiger partial charge in [0.2, 0.25) is 0 Å². The van der Waals surface area contributed by atoms with Crippen LogP contribution in [0.1, 0.15) is 24.4 Å². The summed E-state index contributed by atoms with van der Waals surface area (Å²) in [7, 11) is -3.74. The molecule has 1 aromatic heterocycles. The molecule has 0 aliphatic rings. The van der Waals surface area contributed by atoms with Crippen molar-refractivity contribution in [2.24, 2.45) is 11.7 Å². The van der Waals surface area contributed by atoms with E-state index in [2.05, 4.69) is 5.32 Å². The molecule has 0 fully saturated rings. The van der Waals surface area contributed by atoms with Gasteiger partial charge in [-0.25, -0.2) is 13.2 Å². The molecule has 0 saturated heterocycles. The zero-order valence-electron chi connectivity index (χ0n) is 22.1. The molecule has 41 heavy (non-hydrogen) atoms. The number of carboxylic acids is 2. The SMILES string of the molecule is CC(Oc1cccc2oc(C(=O)Nc3ccc(-c4ccc(S(=O)(=O)CC(C)[C@H](N)C(=O)O)cc4)cc3)cc12)C(=O)O. The number of rotatable bonds is 11. The molecule has 1 heterocycles. The van der Waals surface area contributed by atoms with E-state index in [1.807, 2.05) is 0 Å². The Bertz CT molecular complexity index is 1690. The molecule has 4 rings (SSSR count). The summed E-state index contributed by atoms with van der Waals surface area (Å²) in [5.41, 5.74) is 7.90. The van der Waals surface area contributed by atoms with Crippen LogP contribution < -0.4 is 15.8 Å². The van der Waals surface area contributed by atoms with E-state index in [1.54, 1.807) is 54.6 Å². The number of nitrogens with one attached hydrogen (secondary N) is 1. The van der Waals surface area contributed by atoms with Gasteiger partial charge >= 0.3 is 11.9 Å². The summed E-state index contributed by atoms with van der Waals surface area (Å²) in [6, 6.07) is 18.1. The van der Waals surface area contributed by atoms with Gasteiger partial charge in [-0.3, -0.25) is 9.59 Å². The number of hydrogen-bond donors (Lipinski definition) is 4. The number of carbonyl (C=O) groups is 3. The van der Waals surface area contributed by atoms with E-state index in [-0.39, 0.29) is 16.4 Å². The van der Waals surface area contributed by atoms with E-state index in [9.17, 15) is 22.8 Å². The molecule has 11 nitrogen and oxygen atoms in total. The molecule has 12 heteroatoms. The van der Waals surface area contributed by atoms with Gasteiger partial charge in [-0.05, 0) is 60.4 Å². The maximum atomic E-state index is 12.8. The van der Waals surface area contributed by atoms with Gasteiger partial charge in [0.05, 0.1) is 16.0 Å². The molecule has 1 amide bonds. The summed E-state index contributed by atoms with van der Waals surface area (Å²) < 4.78 is 36.5. The first-order valence-electron chi connectivity index (χ1n) is 12.5.